The number of fused-ring (bicyclic) bond motifs is 8. The van der Waals surface area contributed by atoms with E-state index >= 15 is 0 Å². The van der Waals surface area contributed by atoms with Gasteiger partial charge in [-0.2, -0.15) is 0 Å². The molecular weight excluding hydrogens is 787 g/mol. The highest BCUT2D eigenvalue weighted by molar-refractivity contribution is 7.03. The van der Waals surface area contributed by atoms with Crippen molar-refractivity contribution >= 4 is 54.0 Å². The second-order valence-electron chi connectivity index (χ2n) is 19.9. The number of likely N-dealkylation sites (tertiary alicyclic amines) is 2. The number of primary amides is 1. The maximum absolute atomic E-state index is 14.1. The largest absolute Gasteiger partial charge is 0.441 e. The summed E-state index contributed by atoms with van der Waals surface area (Å²) in [5, 5.41) is 2.30. The van der Waals surface area contributed by atoms with Gasteiger partial charge in [0.15, 0.2) is 5.60 Å². The van der Waals surface area contributed by atoms with Gasteiger partial charge in [0.25, 0.3) is 23.6 Å². The molecule has 13 heteroatoms. The Morgan fingerprint density at radius 2 is 1.10 bits per heavy atom. The van der Waals surface area contributed by atoms with E-state index in [9.17, 15) is 28.8 Å². The zero-order valence-corrected chi connectivity index (χ0v) is 36.2. The fourth-order valence-corrected chi connectivity index (χ4v) is 17.6. The van der Waals surface area contributed by atoms with Crippen LogP contribution in [0.15, 0.2) is 78.9 Å². The Bertz CT molecular complexity index is 2380. The van der Waals surface area contributed by atoms with Crippen molar-refractivity contribution in [2.75, 3.05) is 26.2 Å². The maximum Gasteiger partial charge on any atom is 0.340 e. The zero-order valence-electron chi connectivity index (χ0n) is 35.2. The molecule has 61 heavy (non-hydrogen) atoms. The van der Waals surface area contributed by atoms with Crippen LogP contribution in [0.1, 0.15) is 95.5 Å². The molecule has 0 saturated carbocycles. The summed E-state index contributed by atoms with van der Waals surface area (Å²) >= 11 is 0. The molecule has 10 rings (SSSR count). The number of esters is 1. The minimum atomic E-state index is -2.68. The van der Waals surface area contributed by atoms with Gasteiger partial charge in [0.2, 0.25) is 5.91 Å². The van der Waals surface area contributed by atoms with E-state index in [0.29, 0.717) is 24.0 Å². The van der Waals surface area contributed by atoms with E-state index in [4.69, 9.17) is 10.5 Å². The minimum absolute atomic E-state index is 0.0560. The van der Waals surface area contributed by atoms with E-state index in [0.717, 1.165) is 90.2 Å². The van der Waals surface area contributed by atoms with Crippen molar-refractivity contribution in [3.05, 3.63) is 118 Å². The zero-order chi connectivity index (χ0) is 42.8. The van der Waals surface area contributed by atoms with E-state index in [2.05, 4.69) is 61.8 Å². The maximum atomic E-state index is 14.1. The highest BCUT2D eigenvalue weighted by Gasteiger charge is 2.59. The molecule has 5 amide bonds. The van der Waals surface area contributed by atoms with Crippen LogP contribution in [0.5, 0.6) is 0 Å². The van der Waals surface area contributed by atoms with E-state index in [1.54, 1.807) is 18.2 Å². The third kappa shape index (κ3) is 6.13. The minimum Gasteiger partial charge on any atom is -0.441 e. The Hall–Kier alpha value is -5.50. The number of ether oxygens (including phenoxy) is 1. The molecule has 7 aliphatic rings. The van der Waals surface area contributed by atoms with Crippen LogP contribution in [-0.2, 0) is 42.4 Å². The number of amides is 5. The average Bonchev–Trinajstić information content (AvgIpc) is 3.83. The Morgan fingerprint density at radius 1 is 0.639 bits per heavy atom. The van der Waals surface area contributed by atoms with Crippen molar-refractivity contribution in [2.24, 2.45) is 16.6 Å². The van der Waals surface area contributed by atoms with Crippen molar-refractivity contribution in [2.45, 2.75) is 89.8 Å². The van der Waals surface area contributed by atoms with Crippen LogP contribution in [0.25, 0.3) is 0 Å². The van der Waals surface area contributed by atoms with Gasteiger partial charge in [-0.15, -0.1) is 0 Å². The quantitative estimate of drug-likeness (QED) is 0.194. The molecule has 2 N–H and O–H groups in total. The van der Waals surface area contributed by atoms with Crippen LogP contribution in [-0.4, -0.2) is 102 Å². The fraction of sp³-hybridized carbons (Fsp3) is 0.417. The number of imide groups is 2. The lowest BCUT2D eigenvalue weighted by Crippen LogP contribution is -2.67. The lowest BCUT2D eigenvalue weighted by Gasteiger charge is -2.52. The highest BCUT2D eigenvalue weighted by atomic mass is 28.3. The molecule has 0 aliphatic carbocycles. The van der Waals surface area contributed by atoms with Gasteiger partial charge in [0.05, 0.1) is 17.9 Å². The summed E-state index contributed by atoms with van der Waals surface area (Å²) in [7, 11) is -2.68. The van der Waals surface area contributed by atoms with Gasteiger partial charge in [-0.1, -0.05) is 83.4 Å². The lowest BCUT2D eigenvalue weighted by atomic mass is 9.78. The molecule has 0 bridgehead atoms. The summed E-state index contributed by atoms with van der Waals surface area (Å²) < 4.78 is 6.72. The summed E-state index contributed by atoms with van der Waals surface area (Å²) in [5.74, 6) is -2.37. The van der Waals surface area contributed by atoms with Gasteiger partial charge in [0, 0.05) is 85.6 Å². The van der Waals surface area contributed by atoms with Crippen molar-refractivity contribution in [3.63, 3.8) is 0 Å². The molecule has 2 atom stereocenters. The number of nitrogens with zero attached hydrogens (tertiary/aromatic N) is 4. The predicted octanol–water partition coefficient (Wildman–Crippen LogP) is 3.58. The van der Waals surface area contributed by atoms with Gasteiger partial charge >= 0.3 is 5.97 Å². The first-order valence-corrected chi connectivity index (χ1v) is 24.0. The third-order valence-corrected chi connectivity index (χ3v) is 19.6. The van der Waals surface area contributed by atoms with Crippen LogP contribution >= 0.6 is 0 Å². The number of hydrogen-bond acceptors (Lipinski definition) is 9. The van der Waals surface area contributed by atoms with Crippen molar-refractivity contribution in [1.29, 1.82) is 0 Å². The molecule has 2 spiro atoms. The molecule has 3 aromatic rings. The summed E-state index contributed by atoms with van der Waals surface area (Å²) in [5.41, 5.74) is 9.50. The normalized spacial score (nSPS) is 25.3. The van der Waals surface area contributed by atoms with E-state index in [1.165, 1.54) is 34.1 Å². The molecular formula is C48H51N5O7Si. The molecule has 3 fully saturated rings. The first-order valence-electron chi connectivity index (χ1n) is 21.5. The van der Waals surface area contributed by atoms with E-state index < -0.39 is 37.9 Å². The topological polar surface area (TPSA) is 151 Å². The van der Waals surface area contributed by atoms with Crippen LogP contribution in [0.4, 0.5) is 0 Å². The number of nitrogens with two attached hydrogens (primary N) is 1. The van der Waals surface area contributed by atoms with Gasteiger partial charge in [0.1, 0.15) is 8.07 Å². The molecule has 3 aromatic carbocycles. The third-order valence-electron chi connectivity index (χ3n) is 14.3. The Labute approximate surface area is 356 Å². The summed E-state index contributed by atoms with van der Waals surface area (Å²) in [4.78, 5) is 86.9. The molecule has 2 unspecified atom stereocenters. The Balaban J connectivity index is 1.15. The summed E-state index contributed by atoms with van der Waals surface area (Å²) in [6.07, 6.45) is 8.44. The fourth-order valence-electron chi connectivity index (χ4n) is 11.8. The highest BCUT2D eigenvalue weighted by Crippen LogP contribution is 2.51. The molecule has 7 aliphatic heterocycles. The first kappa shape index (κ1) is 39.6. The second kappa shape index (κ2) is 13.8. The molecule has 7 heterocycles. The lowest BCUT2D eigenvalue weighted by molar-refractivity contribution is -0.151. The SMILES string of the molecule is CC1(C)CN(C(Cc2ccc3c(c2)[Si]2(CCCCC2)c2cc(CC(N4CC(C)(C)C4)N4C(=O)C=CC4=O)ccc2C32OC(=O)c3ccc(C(N)=O)cc32)N2C(=O)C=CC2=O)C1. The smallest absolute Gasteiger partial charge is 0.340 e. The molecule has 3 saturated heterocycles. The Kier molecular flexibility index (Phi) is 8.93. The predicted molar refractivity (Wildman–Crippen MR) is 229 cm³/mol. The molecule has 0 aromatic heterocycles. The van der Waals surface area contributed by atoms with Gasteiger partial charge in [-0.05, 0) is 62.6 Å². The summed E-state index contributed by atoms with van der Waals surface area (Å²) in [6.45, 7) is 11.7. The number of hydrogen-bond donors (Lipinski definition) is 1. The van der Waals surface area contributed by atoms with E-state index in [1.807, 2.05) is 12.1 Å². The second-order valence-corrected chi connectivity index (χ2v) is 24.1. The van der Waals surface area contributed by atoms with Crippen LogP contribution < -0.4 is 16.1 Å². The van der Waals surface area contributed by atoms with Gasteiger partial charge < -0.3 is 10.5 Å². The molecule has 12 nitrogen and oxygen atoms in total. The number of rotatable bonds is 9. The number of benzene rings is 3. The average molecular weight is 838 g/mol. The van der Waals surface area contributed by atoms with E-state index in [-0.39, 0.29) is 40.0 Å². The van der Waals surface area contributed by atoms with Gasteiger partial charge in [-0.3, -0.25) is 43.6 Å². The number of carbonyl (C=O) groups is 6. The molecule has 314 valence electrons. The molecule has 0 radical (unpaired) electrons. The number of carbonyl (C=O) groups excluding carboxylic acids is 6. The van der Waals surface area contributed by atoms with Gasteiger partial charge in [-0.25, -0.2) is 4.79 Å². The van der Waals surface area contributed by atoms with Crippen molar-refractivity contribution in [3.8, 4) is 0 Å². The monoisotopic (exact) mass is 837 g/mol. The van der Waals surface area contributed by atoms with Crippen LogP contribution in [0.3, 0.4) is 0 Å². The summed E-state index contributed by atoms with van der Waals surface area (Å²) in [6, 6.07) is 19.6. The van der Waals surface area contributed by atoms with Crippen molar-refractivity contribution in [1.82, 2.24) is 19.6 Å². The standard InChI is InChI=1S/C48H51N5O7Si/c1-46(2)25-50(26-46)38(52-40(54)14-15-41(52)55)22-29-8-12-33-36(20-29)61(18-6-5-7-19-61)37-21-30(23-39(51-27-47(3,4)28-51)53-42(56)16-17-43(53)57)9-13-34(37)48(33)35-24-31(44(49)58)10-11-32(35)45(59)60-48/h8-17,20-21,24,38-39H,5-7,18-19,22-23,25-28H2,1-4H3,(H2,49,58). The Morgan fingerprint density at radius 3 is 1.52 bits per heavy atom. The van der Waals surface area contributed by atoms with Crippen molar-refractivity contribution < 1.29 is 33.5 Å². The first-order chi connectivity index (χ1) is 29.0. The van der Waals surface area contributed by atoms with Crippen LogP contribution in [0, 0.1) is 10.8 Å². The van der Waals surface area contributed by atoms with Crippen LogP contribution in [0.2, 0.25) is 12.1 Å².